The van der Waals surface area contributed by atoms with E-state index < -0.39 is 41.9 Å². The smallest absolute Gasteiger partial charge is 0.337 e. The molecule has 0 aromatic heterocycles. The third-order valence-electron chi connectivity index (χ3n) is 5.19. The van der Waals surface area contributed by atoms with Gasteiger partial charge in [-0.1, -0.05) is 12.1 Å². The lowest BCUT2D eigenvalue weighted by atomic mass is 9.78. The van der Waals surface area contributed by atoms with Crippen LogP contribution in [0.1, 0.15) is 36.3 Å². The lowest BCUT2D eigenvalue weighted by Gasteiger charge is -2.29. The molecule has 4 rings (SSSR count). The number of cyclic esters (lactones) is 1. The average Bonchev–Trinajstić information content (AvgIpc) is 3.09. The van der Waals surface area contributed by atoms with Crippen LogP contribution in [0.3, 0.4) is 0 Å². The molecule has 27 heavy (non-hydrogen) atoms. The van der Waals surface area contributed by atoms with Crippen LogP contribution in [0.25, 0.3) is 0 Å². The lowest BCUT2D eigenvalue weighted by molar-refractivity contribution is -0.136. The molecule has 1 aliphatic carbocycles. The summed E-state index contributed by atoms with van der Waals surface area (Å²) in [6.07, 6.45) is -0.474. The normalized spacial score (nSPS) is 25.7. The van der Waals surface area contributed by atoms with Crippen molar-refractivity contribution in [3.63, 3.8) is 0 Å². The van der Waals surface area contributed by atoms with Crippen LogP contribution in [-0.2, 0) is 19.1 Å². The number of methoxy groups -OCH3 is 1. The molecule has 1 saturated carbocycles. The Labute approximate surface area is 152 Å². The Kier molecular flexibility index (Phi) is 3.83. The number of rotatable bonds is 3. The van der Waals surface area contributed by atoms with Gasteiger partial charge in [-0.05, 0) is 18.6 Å². The summed E-state index contributed by atoms with van der Waals surface area (Å²) in [7, 11) is 1.18. The van der Waals surface area contributed by atoms with Crippen molar-refractivity contribution in [3.05, 3.63) is 57.7 Å². The molecule has 0 amide bonds. The molecule has 0 spiro atoms. The molecule has 5 nitrogen and oxygen atoms in total. The second-order valence-corrected chi connectivity index (χ2v) is 6.82. The van der Waals surface area contributed by atoms with Crippen molar-refractivity contribution in [1.82, 2.24) is 5.32 Å². The summed E-state index contributed by atoms with van der Waals surface area (Å²) >= 11 is 0. The fourth-order valence-corrected chi connectivity index (χ4v) is 3.86. The van der Waals surface area contributed by atoms with Crippen LogP contribution >= 0.6 is 0 Å². The van der Waals surface area contributed by atoms with Gasteiger partial charge in [0.05, 0.1) is 35.8 Å². The Bertz CT molecular complexity index is 935. The van der Waals surface area contributed by atoms with Crippen molar-refractivity contribution >= 4 is 11.9 Å². The van der Waals surface area contributed by atoms with E-state index in [4.69, 9.17) is 9.47 Å². The minimum atomic E-state index is -3.01. The summed E-state index contributed by atoms with van der Waals surface area (Å²) in [6.45, 7) is 1.58. The number of allylic oxidation sites excluding steroid dienone is 1. The SMILES string of the molecule is COC(=O)C1=C(C)NC2=C(C(=O)OC2)[C@H]1c1cccc(F)c1[C@H]1CC1(F)F. The van der Waals surface area contributed by atoms with Crippen molar-refractivity contribution in [3.8, 4) is 0 Å². The van der Waals surface area contributed by atoms with E-state index in [1.54, 1.807) is 6.92 Å². The van der Waals surface area contributed by atoms with E-state index in [2.05, 4.69) is 5.32 Å². The van der Waals surface area contributed by atoms with Gasteiger partial charge in [0.15, 0.2) is 0 Å². The number of halogens is 3. The Balaban J connectivity index is 1.94. The van der Waals surface area contributed by atoms with Gasteiger partial charge in [0.25, 0.3) is 5.92 Å². The van der Waals surface area contributed by atoms with Gasteiger partial charge in [-0.3, -0.25) is 0 Å². The second kappa shape index (κ2) is 5.87. The molecule has 0 bridgehead atoms. The summed E-state index contributed by atoms with van der Waals surface area (Å²) in [5.74, 6) is -7.52. The molecule has 1 N–H and O–H groups in total. The van der Waals surface area contributed by atoms with Crippen LogP contribution in [-0.4, -0.2) is 31.6 Å². The summed E-state index contributed by atoms with van der Waals surface area (Å²) in [5.41, 5.74) is 1.03. The van der Waals surface area contributed by atoms with E-state index in [1.165, 1.54) is 19.2 Å². The van der Waals surface area contributed by atoms with E-state index in [0.29, 0.717) is 11.4 Å². The van der Waals surface area contributed by atoms with Crippen LogP contribution in [0.2, 0.25) is 0 Å². The number of benzene rings is 1. The monoisotopic (exact) mass is 379 g/mol. The number of hydrogen-bond donors (Lipinski definition) is 1. The summed E-state index contributed by atoms with van der Waals surface area (Å²) in [4.78, 5) is 24.8. The third kappa shape index (κ3) is 2.62. The van der Waals surface area contributed by atoms with Gasteiger partial charge in [0.1, 0.15) is 12.4 Å². The molecule has 2 heterocycles. The summed E-state index contributed by atoms with van der Waals surface area (Å²) in [6, 6.07) is 3.95. The first kappa shape index (κ1) is 17.6. The predicted molar refractivity (Wildman–Crippen MR) is 87.3 cm³/mol. The highest BCUT2D eigenvalue weighted by molar-refractivity contribution is 6.01. The topological polar surface area (TPSA) is 64.6 Å². The summed E-state index contributed by atoms with van der Waals surface area (Å²) < 4.78 is 52.0. The second-order valence-electron chi connectivity index (χ2n) is 6.82. The Morgan fingerprint density at radius 3 is 2.70 bits per heavy atom. The molecule has 1 aromatic rings. The molecule has 0 unspecified atom stereocenters. The van der Waals surface area contributed by atoms with Crippen LogP contribution in [0.5, 0.6) is 0 Å². The maximum Gasteiger partial charge on any atom is 0.337 e. The largest absolute Gasteiger partial charge is 0.466 e. The van der Waals surface area contributed by atoms with Gasteiger partial charge in [-0.2, -0.15) is 0 Å². The van der Waals surface area contributed by atoms with Gasteiger partial charge in [-0.15, -0.1) is 0 Å². The number of carbonyl (C=O) groups is 2. The summed E-state index contributed by atoms with van der Waals surface area (Å²) in [5, 5.41) is 2.94. The van der Waals surface area contributed by atoms with E-state index in [0.717, 1.165) is 6.07 Å². The quantitative estimate of drug-likeness (QED) is 0.819. The van der Waals surface area contributed by atoms with Crippen LogP contribution in [0, 0.1) is 5.82 Å². The van der Waals surface area contributed by atoms with Gasteiger partial charge in [0, 0.05) is 17.7 Å². The zero-order valence-corrected chi connectivity index (χ0v) is 14.6. The van der Waals surface area contributed by atoms with Gasteiger partial charge < -0.3 is 14.8 Å². The van der Waals surface area contributed by atoms with Crippen molar-refractivity contribution in [1.29, 1.82) is 0 Å². The fraction of sp³-hybridized carbons (Fsp3) is 0.368. The van der Waals surface area contributed by atoms with Crippen LogP contribution in [0.4, 0.5) is 13.2 Å². The fourth-order valence-electron chi connectivity index (χ4n) is 3.86. The molecule has 142 valence electrons. The molecule has 0 radical (unpaired) electrons. The lowest BCUT2D eigenvalue weighted by Crippen LogP contribution is -2.30. The number of nitrogens with one attached hydrogen (secondary N) is 1. The molecular formula is C19H16F3NO4. The third-order valence-corrected chi connectivity index (χ3v) is 5.19. The number of dihydropyridines is 1. The predicted octanol–water partition coefficient (Wildman–Crippen LogP) is 2.89. The number of carbonyl (C=O) groups excluding carboxylic acids is 2. The molecule has 2 aliphatic heterocycles. The minimum Gasteiger partial charge on any atom is -0.466 e. The minimum absolute atomic E-state index is 0.0271. The van der Waals surface area contributed by atoms with Gasteiger partial charge in [-0.25, -0.2) is 22.8 Å². The standard InChI is InChI=1S/C19H16F3NO4/c1-8-13(17(24)26-2)15(16-12(23-8)7-27-18(16)25)9-4-3-5-11(20)14(9)10-6-19(10,21)22/h3-5,10,15,23H,6-7H2,1-2H3/t10-,15+/m1/s1. The number of esters is 2. The first-order valence-electron chi connectivity index (χ1n) is 8.38. The number of hydrogen-bond acceptors (Lipinski definition) is 5. The molecule has 1 fully saturated rings. The highest BCUT2D eigenvalue weighted by atomic mass is 19.3. The molecular weight excluding hydrogens is 363 g/mol. The Morgan fingerprint density at radius 2 is 2.07 bits per heavy atom. The highest BCUT2D eigenvalue weighted by Crippen LogP contribution is 2.58. The Hall–Kier alpha value is -2.77. The van der Waals surface area contributed by atoms with Gasteiger partial charge in [0.2, 0.25) is 0 Å². The highest BCUT2D eigenvalue weighted by Gasteiger charge is 2.60. The van der Waals surface area contributed by atoms with Crippen LogP contribution in [0.15, 0.2) is 40.7 Å². The molecule has 1 aromatic carbocycles. The van der Waals surface area contributed by atoms with E-state index in [1.807, 2.05) is 0 Å². The van der Waals surface area contributed by atoms with E-state index >= 15 is 0 Å². The maximum atomic E-state index is 14.6. The van der Waals surface area contributed by atoms with Crippen molar-refractivity contribution in [2.45, 2.75) is 31.1 Å². The van der Waals surface area contributed by atoms with Crippen molar-refractivity contribution < 1.29 is 32.2 Å². The first-order valence-corrected chi connectivity index (χ1v) is 8.38. The average molecular weight is 379 g/mol. The van der Waals surface area contributed by atoms with E-state index in [9.17, 15) is 22.8 Å². The van der Waals surface area contributed by atoms with E-state index in [-0.39, 0.29) is 28.9 Å². The molecule has 8 heteroatoms. The van der Waals surface area contributed by atoms with Gasteiger partial charge >= 0.3 is 11.9 Å². The maximum absolute atomic E-state index is 14.6. The first-order chi connectivity index (χ1) is 12.8. The molecule has 2 atom stereocenters. The molecule has 0 saturated heterocycles. The zero-order chi connectivity index (χ0) is 19.5. The number of alkyl halides is 2. The van der Waals surface area contributed by atoms with Crippen LogP contribution < -0.4 is 5.32 Å². The Morgan fingerprint density at radius 1 is 1.37 bits per heavy atom. The zero-order valence-electron chi connectivity index (χ0n) is 14.6. The molecule has 3 aliphatic rings. The van der Waals surface area contributed by atoms with Crippen molar-refractivity contribution in [2.75, 3.05) is 13.7 Å². The number of ether oxygens (including phenoxy) is 2. The van der Waals surface area contributed by atoms with Crippen molar-refractivity contribution in [2.24, 2.45) is 0 Å².